The smallest absolute Gasteiger partial charge is 0.417 e. The molecule has 2 atom stereocenters. The number of rotatable bonds is 18. The maximum absolute atomic E-state index is 13.3. The summed E-state index contributed by atoms with van der Waals surface area (Å²) in [4.78, 5) is 6.11. The van der Waals surface area contributed by atoms with Crippen molar-refractivity contribution < 1.29 is 27.5 Å². The van der Waals surface area contributed by atoms with E-state index in [1.165, 1.54) is 88.1 Å². The van der Waals surface area contributed by atoms with Crippen LogP contribution in [0, 0.1) is 11.3 Å². The fraction of sp³-hybridized carbons (Fsp3) is 0.676. The van der Waals surface area contributed by atoms with E-state index in [2.05, 4.69) is 38.8 Å². The van der Waals surface area contributed by atoms with E-state index in [1.54, 1.807) is 31.6 Å². The number of anilines is 1. The summed E-state index contributed by atoms with van der Waals surface area (Å²) in [6, 6.07) is 5.52. The Kier molecular flexibility index (Phi) is 19.0. The van der Waals surface area contributed by atoms with Crippen LogP contribution in [0.1, 0.15) is 123 Å². The van der Waals surface area contributed by atoms with E-state index in [-0.39, 0.29) is 16.3 Å². The first-order chi connectivity index (χ1) is 22.0. The molecular weight excluding hydrogens is 606 g/mol. The lowest BCUT2D eigenvalue weighted by molar-refractivity contribution is -0.929. The van der Waals surface area contributed by atoms with Crippen LogP contribution in [-0.4, -0.2) is 64.0 Å². The lowest BCUT2D eigenvalue weighted by Gasteiger charge is -2.39. The number of benzene rings is 1. The van der Waals surface area contributed by atoms with Gasteiger partial charge >= 0.3 is 6.18 Å². The normalized spacial score (nSPS) is 15.3. The first-order valence-electron chi connectivity index (χ1n) is 17.6. The van der Waals surface area contributed by atoms with Crippen molar-refractivity contribution in [2.24, 2.45) is 0 Å². The highest BCUT2D eigenvalue weighted by atomic mass is 19.4. The molecular formula is C37H59F4N5O. The van der Waals surface area contributed by atoms with Gasteiger partial charge in [0, 0.05) is 24.8 Å². The van der Waals surface area contributed by atoms with Gasteiger partial charge in [-0.1, -0.05) is 59.5 Å². The molecule has 0 bridgehead atoms. The SMILES string of the molecule is CCCC[N+](CCCC)(CCCC)CCCC.CCN(c1ccc(C#N)c(C(F)(F)F)c1)C1CC=C(c2cncn2CC(C)O)C1.[F-]. The zero-order chi connectivity index (χ0) is 34.2. The minimum absolute atomic E-state index is 0. The Balaban J connectivity index is 0.000000530. The third-order valence-corrected chi connectivity index (χ3v) is 9.08. The molecule has 0 saturated carbocycles. The summed E-state index contributed by atoms with van der Waals surface area (Å²) in [5, 5.41) is 18.7. The molecule has 0 radical (unpaired) electrons. The number of unbranched alkanes of at least 4 members (excludes halogenated alkanes) is 4. The predicted molar refractivity (Wildman–Crippen MR) is 183 cm³/mol. The second-order valence-corrected chi connectivity index (χ2v) is 12.9. The molecule has 1 aromatic heterocycles. The Morgan fingerprint density at radius 3 is 2.00 bits per heavy atom. The molecule has 10 heteroatoms. The maximum atomic E-state index is 13.3. The largest absolute Gasteiger partial charge is 1.00 e. The van der Waals surface area contributed by atoms with Crippen molar-refractivity contribution in [3.8, 4) is 6.07 Å². The minimum Gasteiger partial charge on any atom is -1.00 e. The van der Waals surface area contributed by atoms with Crippen molar-refractivity contribution >= 4 is 11.3 Å². The summed E-state index contributed by atoms with van der Waals surface area (Å²) in [7, 11) is 0. The van der Waals surface area contributed by atoms with Gasteiger partial charge in [0.2, 0.25) is 0 Å². The molecule has 1 N–H and O–H groups in total. The highest BCUT2D eigenvalue weighted by Crippen LogP contribution is 2.37. The molecule has 2 unspecified atom stereocenters. The van der Waals surface area contributed by atoms with Crippen molar-refractivity contribution in [3.63, 3.8) is 0 Å². The Morgan fingerprint density at radius 2 is 1.55 bits per heavy atom. The van der Waals surface area contributed by atoms with Gasteiger partial charge < -0.3 is 23.8 Å². The lowest BCUT2D eigenvalue weighted by Crippen LogP contribution is -3.00. The van der Waals surface area contributed by atoms with Gasteiger partial charge in [-0.15, -0.1) is 0 Å². The minimum atomic E-state index is -4.58. The second kappa shape index (κ2) is 21.1. The van der Waals surface area contributed by atoms with Crippen LogP contribution in [0.25, 0.3) is 5.57 Å². The zero-order valence-corrected chi connectivity index (χ0v) is 29.6. The number of aromatic nitrogens is 2. The number of imidazole rings is 1. The van der Waals surface area contributed by atoms with E-state index in [0.29, 0.717) is 31.6 Å². The Morgan fingerprint density at radius 1 is 1.00 bits per heavy atom. The number of nitriles is 1. The molecule has 0 aliphatic heterocycles. The summed E-state index contributed by atoms with van der Waals surface area (Å²) in [5.74, 6) is 0. The van der Waals surface area contributed by atoms with E-state index in [0.717, 1.165) is 17.3 Å². The van der Waals surface area contributed by atoms with Gasteiger partial charge in [0.1, 0.15) is 0 Å². The van der Waals surface area contributed by atoms with Crippen LogP contribution in [0.3, 0.4) is 0 Å². The molecule has 266 valence electrons. The molecule has 2 aromatic rings. The summed E-state index contributed by atoms with van der Waals surface area (Å²) in [6.07, 6.45) is 12.8. The summed E-state index contributed by atoms with van der Waals surface area (Å²) in [5.41, 5.74) is 1.16. The van der Waals surface area contributed by atoms with Gasteiger partial charge in [-0.25, -0.2) is 4.98 Å². The van der Waals surface area contributed by atoms with Crippen LogP contribution in [0.15, 0.2) is 36.8 Å². The summed E-state index contributed by atoms with van der Waals surface area (Å²) < 4.78 is 43.3. The molecule has 3 rings (SSSR count). The van der Waals surface area contributed by atoms with E-state index in [1.807, 2.05) is 16.4 Å². The molecule has 6 nitrogen and oxygen atoms in total. The molecule has 47 heavy (non-hydrogen) atoms. The Hall–Kier alpha value is -2.90. The highest BCUT2D eigenvalue weighted by Gasteiger charge is 2.35. The molecule has 1 heterocycles. The number of aliphatic hydroxyl groups excluding tert-OH is 1. The van der Waals surface area contributed by atoms with Gasteiger partial charge in [-0.2, -0.15) is 18.4 Å². The third kappa shape index (κ3) is 12.9. The van der Waals surface area contributed by atoms with E-state index < -0.39 is 17.8 Å². The quantitative estimate of drug-likeness (QED) is 0.152. The highest BCUT2D eigenvalue weighted by molar-refractivity contribution is 5.67. The Bertz CT molecular complexity index is 1200. The number of quaternary nitrogens is 1. The Labute approximate surface area is 281 Å². The molecule has 0 spiro atoms. The van der Waals surface area contributed by atoms with Gasteiger partial charge in [-0.05, 0) is 76.1 Å². The molecule has 1 aromatic carbocycles. The summed E-state index contributed by atoms with van der Waals surface area (Å²) >= 11 is 0. The number of hydrogen-bond donors (Lipinski definition) is 1. The number of alkyl halides is 3. The van der Waals surface area contributed by atoms with Crippen LogP contribution in [0.2, 0.25) is 0 Å². The fourth-order valence-electron chi connectivity index (χ4n) is 6.50. The maximum Gasteiger partial charge on any atom is 0.417 e. The van der Waals surface area contributed by atoms with Crippen molar-refractivity contribution in [2.45, 2.75) is 131 Å². The van der Waals surface area contributed by atoms with Crippen molar-refractivity contribution in [3.05, 3.63) is 53.6 Å². The van der Waals surface area contributed by atoms with Crippen molar-refractivity contribution in [2.75, 3.05) is 37.6 Å². The van der Waals surface area contributed by atoms with Gasteiger partial charge in [0.15, 0.2) is 0 Å². The van der Waals surface area contributed by atoms with Crippen molar-refractivity contribution in [1.29, 1.82) is 5.26 Å². The average Bonchev–Trinajstić information content (AvgIpc) is 3.70. The first-order valence-corrected chi connectivity index (χ1v) is 17.6. The van der Waals surface area contributed by atoms with Gasteiger partial charge in [0.25, 0.3) is 0 Å². The molecule has 1 aliphatic rings. The lowest BCUT2D eigenvalue weighted by atomic mass is 10.0. The van der Waals surface area contributed by atoms with Gasteiger partial charge in [0.05, 0.1) is 67.7 Å². The predicted octanol–water partition coefficient (Wildman–Crippen LogP) is 6.23. The van der Waals surface area contributed by atoms with Crippen LogP contribution in [0.5, 0.6) is 0 Å². The molecule has 0 amide bonds. The fourth-order valence-corrected chi connectivity index (χ4v) is 6.50. The number of halogens is 4. The second-order valence-electron chi connectivity index (χ2n) is 12.9. The van der Waals surface area contributed by atoms with E-state index >= 15 is 0 Å². The third-order valence-electron chi connectivity index (χ3n) is 9.08. The topological polar surface area (TPSA) is 65.1 Å². The molecule has 0 saturated heterocycles. The standard InChI is InChI=1S/C21H23F3N4O.C16H36N.FH/c1-3-28(18-7-5-16(10-25)19(9-18)21(22,23)24)17-6-4-15(8-17)20-11-26-13-27(20)12-14(2)29;1-5-9-13-17(14-10-6-2,15-11-7-3)16-12-8-4;/h4-5,7,9,11,13-14,17,29H,3,6,8,12H2,1-2H3;5-16H2,1-4H3;1H/q;+1;/p-1. The van der Waals surface area contributed by atoms with Gasteiger partial charge in [-0.3, -0.25) is 0 Å². The monoisotopic (exact) mass is 665 g/mol. The van der Waals surface area contributed by atoms with Crippen LogP contribution >= 0.6 is 0 Å². The van der Waals surface area contributed by atoms with Crippen molar-refractivity contribution in [1.82, 2.24) is 9.55 Å². The molecule has 0 fully saturated rings. The first kappa shape index (κ1) is 42.1. The number of nitrogens with zero attached hydrogens (tertiary/aromatic N) is 5. The summed E-state index contributed by atoms with van der Waals surface area (Å²) in [6.45, 7) is 19.6. The zero-order valence-electron chi connectivity index (χ0n) is 29.6. The van der Waals surface area contributed by atoms with E-state index in [4.69, 9.17) is 5.26 Å². The van der Waals surface area contributed by atoms with Crippen LogP contribution in [-0.2, 0) is 12.7 Å². The number of hydrogen-bond acceptors (Lipinski definition) is 4. The van der Waals surface area contributed by atoms with E-state index in [9.17, 15) is 18.3 Å². The number of aliphatic hydroxyl groups is 1. The van der Waals surface area contributed by atoms with Crippen LogP contribution in [0.4, 0.5) is 18.9 Å². The van der Waals surface area contributed by atoms with Crippen LogP contribution < -0.4 is 9.60 Å². The average molecular weight is 666 g/mol. The molecule has 1 aliphatic carbocycles.